The van der Waals surface area contributed by atoms with Crippen molar-refractivity contribution in [1.82, 2.24) is 0 Å². The number of rotatable bonds is 4. The summed E-state index contributed by atoms with van der Waals surface area (Å²) < 4.78 is 5.95. The molecule has 0 saturated heterocycles. The summed E-state index contributed by atoms with van der Waals surface area (Å²) >= 11 is 0. The van der Waals surface area contributed by atoms with Gasteiger partial charge in [0.15, 0.2) is 0 Å². The normalized spacial score (nSPS) is 12.2. The standard InChI is InChI=1S/C18H23NO/c1-12-5-6-13(2)17(9-12)11-20-18-8-7-16(15(4)19)10-14(18)3/h5-10,15H,11,19H2,1-4H3. The molecule has 2 aromatic carbocycles. The Kier molecular flexibility index (Phi) is 4.46. The third-order valence-corrected chi connectivity index (χ3v) is 3.61. The molecular weight excluding hydrogens is 246 g/mol. The van der Waals surface area contributed by atoms with Gasteiger partial charge in [-0.3, -0.25) is 0 Å². The Bertz CT molecular complexity index is 602. The van der Waals surface area contributed by atoms with Crippen LogP contribution in [-0.4, -0.2) is 0 Å². The smallest absolute Gasteiger partial charge is 0.122 e. The van der Waals surface area contributed by atoms with E-state index in [-0.39, 0.29) is 6.04 Å². The molecule has 2 N–H and O–H groups in total. The van der Waals surface area contributed by atoms with Gasteiger partial charge in [-0.1, -0.05) is 35.9 Å². The van der Waals surface area contributed by atoms with Crippen molar-refractivity contribution < 1.29 is 4.74 Å². The average molecular weight is 269 g/mol. The molecule has 2 nitrogen and oxygen atoms in total. The van der Waals surface area contributed by atoms with Crippen molar-refractivity contribution in [2.24, 2.45) is 5.73 Å². The monoisotopic (exact) mass is 269 g/mol. The van der Waals surface area contributed by atoms with Crippen molar-refractivity contribution in [2.75, 3.05) is 0 Å². The molecule has 2 heteroatoms. The summed E-state index contributed by atoms with van der Waals surface area (Å²) in [6.45, 7) is 8.87. The zero-order valence-corrected chi connectivity index (χ0v) is 12.7. The first-order chi connectivity index (χ1) is 9.47. The maximum Gasteiger partial charge on any atom is 0.122 e. The summed E-state index contributed by atoms with van der Waals surface area (Å²) in [4.78, 5) is 0. The van der Waals surface area contributed by atoms with Gasteiger partial charge in [-0.25, -0.2) is 0 Å². The van der Waals surface area contributed by atoms with E-state index in [4.69, 9.17) is 10.5 Å². The first-order valence-corrected chi connectivity index (χ1v) is 7.02. The van der Waals surface area contributed by atoms with Crippen molar-refractivity contribution >= 4 is 0 Å². The maximum atomic E-state index is 5.95. The van der Waals surface area contributed by atoms with Crippen LogP contribution in [-0.2, 0) is 6.61 Å². The Morgan fingerprint density at radius 3 is 2.40 bits per heavy atom. The minimum atomic E-state index is 0.0572. The van der Waals surface area contributed by atoms with Crippen LogP contribution in [0.1, 0.15) is 40.8 Å². The van der Waals surface area contributed by atoms with Gasteiger partial charge in [0, 0.05) is 6.04 Å². The van der Waals surface area contributed by atoms with E-state index < -0.39 is 0 Å². The highest BCUT2D eigenvalue weighted by molar-refractivity contribution is 5.38. The van der Waals surface area contributed by atoms with E-state index in [2.05, 4.69) is 45.0 Å². The number of hydrogen-bond acceptors (Lipinski definition) is 2. The van der Waals surface area contributed by atoms with Crippen LogP contribution in [0.2, 0.25) is 0 Å². The molecule has 0 saturated carbocycles. The summed E-state index contributed by atoms with van der Waals surface area (Å²) in [7, 11) is 0. The van der Waals surface area contributed by atoms with Crippen LogP contribution in [0.15, 0.2) is 36.4 Å². The fourth-order valence-electron chi connectivity index (χ4n) is 2.23. The minimum absolute atomic E-state index is 0.0572. The molecule has 0 heterocycles. The summed E-state index contributed by atoms with van der Waals surface area (Å²) in [6, 6.07) is 12.7. The summed E-state index contributed by atoms with van der Waals surface area (Å²) in [5, 5.41) is 0. The SMILES string of the molecule is Cc1ccc(C)c(COc2ccc(C(C)N)cc2C)c1. The van der Waals surface area contributed by atoms with E-state index in [0.717, 1.165) is 16.9 Å². The van der Waals surface area contributed by atoms with Crippen LogP contribution < -0.4 is 10.5 Å². The van der Waals surface area contributed by atoms with Crippen LogP contribution in [0.25, 0.3) is 0 Å². The van der Waals surface area contributed by atoms with Gasteiger partial charge in [-0.05, 0) is 56.0 Å². The lowest BCUT2D eigenvalue weighted by Crippen LogP contribution is -2.06. The second-order valence-corrected chi connectivity index (χ2v) is 5.53. The molecule has 0 aromatic heterocycles. The fourth-order valence-corrected chi connectivity index (χ4v) is 2.23. The molecule has 0 fully saturated rings. The molecule has 0 amide bonds. The van der Waals surface area contributed by atoms with Crippen LogP contribution in [0, 0.1) is 20.8 Å². The van der Waals surface area contributed by atoms with Gasteiger partial charge < -0.3 is 10.5 Å². The molecule has 1 unspecified atom stereocenters. The molecule has 1 atom stereocenters. The number of nitrogens with two attached hydrogens (primary N) is 1. The Labute approximate surface area is 121 Å². The van der Waals surface area contributed by atoms with Crippen LogP contribution in [0.3, 0.4) is 0 Å². The van der Waals surface area contributed by atoms with Gasteiger partial charge in [0.25, 0.3) is 0 Å². The van der Waals surface area contributed by atoms with Crippen LogP contribution in [0.4, 0.5) is 0 Å². The molecule has 106 valence electrons. The molecule has 0 aliphatic rings. The molecule has 0 aliphatic heterocycles. The number of ether oxygens (including phenoxy) is 1. The lowest BCUT2D eigenvalue weighted by molar-refractivity contribution is 0.303. The highest BCUT2D eigenvalue weighted by Gasteiger charge is 2.06. The summed E-state index contributed by atoms with van der Waals surface area (Å²) in [5.41, 5.74) is 11.9. The lowest BCUT2D eigenvalue weighted by atomic mass is 10.1. The molecule has 0 spiro atoms. The Hall–Kier alpha value is -1.80. The predicted octanol–water partition coefficient (Wildman–Crippen LogP) is 4.21. The van der Waals surface area contributed by atoms with Crippen LogP contribution >= 0.6 is 0 Å². The van der Waals surface area contributed by atoms with E-state index in [0.29, 0.717) is 6.61 Å². The van der Waals surface area contributed by atoms with E-state index in [1.165, 1.54) is 16.7 Å². The predicted molar refractivity (Wildman–Crippen MR) is 84.0 cm³/mol. The Morgan fingerprint density at radius 2 is 1.75 bits per heavy atom. The second-order valence-electron chi connectivity index (χ2n) is 5.53. The van der Waals surface area contributed by atoms with Gasteiger partial charge in [-0.2, -0.15) is 0 Å². The van der Waals surface area contributed by atoms with Gasteiger partial charge in [-0.15, -0.1) is 0 Å². The largest absolute Gasteiger partial charge is 0.489 e. The van der Waals surface area contributed by atoms with Gasteiger partial charge in [0.2, 0.25) is 0 Å². The lowest BCUT2D eigenvalue weighted by Gasteiger charge is -2.13. The highest BCUT2D eigenvalue weighted by atomic mass is 16.5. The third-order valence-electron chi connectivity index (χ3n) is 3.61. The number of aryl methyl sites for hydroxylation is 3. The van der Waals surface area contributed by atoms with Crippen molar-refractivity contribution in [3.05, 3.63) is 64.2 Å². The van der Waals surface area contributed by atoms with E-state index in [1.54, 1.807) is 0 Å². The molecule has 2 aromatic rings. The highest BCUT2D eigenvalue weighted by Crippen LogP contribution is 2.23. The summed E-state index contributed by atoms with van der Waals surface area (Å²) in [6.07, 6.45) is 0. The third kappa shape index (κ3) is 3.40. The zero-order valence-electron chi connectivity index (χ0n) is 12.7. The first kappa shape index (κ1) is 14.6. The molecular formula is C18H23NO. The van der Waals surface area contributed by atoms with Crippen molar-refractivity contribution in [3.63, 3.8) is 0 Å². The molecule has 0 radical (unpaired) electrons. The van der Waals surface area contributed by atoms with Crippen molar-refractivity contribution in [1.29, 1.82) is 0 Å². The second kappa shape index (κ2) is 6.10. The van der Waals surface area contributed by atoms with Crippen molar-refractivity contribution in [3.8, 4) is 5.75 Å². The van der Waals surface area contributed by atoms with E-state index in [1.807, 2.05) is 19.1 Å². The van der Waals surface area contributed by atoms with Gasteiger partial charge in [0.1, 0.15) is 12.4 Å². The maximum absolute atomic E-state index is 5.95. The average Bonchev–Trinajstić information content (AvgIpc) is 2.40. The topological polar surface area (TPSA) is 35.2 Å². The van der Waals surface area contributed by atoms with Gasteiger partial charge >= 0.3 is 0 Å². The minimum Gasteiger partial charge on any atom is -0.489 e. The Balaban J connectivity index is 2.13. The van der Waals surface area contributed by atoms with Gasteiger partial charge in [0.05, 0.1) is 0 Å². The molecule has 20 heavy (non-hydrogen) atoms. The van der Waals surface area contributed by atoms with Crippen LogP contribution in [0.5, 0.6) is 5.75 Å². The zero-order chi connectivity index (χ0) is 14.7. The Morgan fingerprint density at radius 1 is 1.00 bits per heavy atom. The fraction of sp³-hybridized carbons (Fsp3) is 0.333. The van der Waals surface area contributed by atoms with Crippen molar-refractivity contribution in [2.45, 2.75) is 40.3 Å². The van der Waals surface area contributed by atoms with E-state index in [9.17, 15) is 0 Å². The van der Waals surface area contributed by atoms with E-state index >= 15 is 0 Å². The molecule has 0 aliphatic carbocycles. The number of hydrogen-bond donors (Lipinski definition) is 1. The molecule has 2 rings (SSSR count). The molecule has 0 bridgehead atoms. The number of benzene rings is 2. The summed E-state index contributed by atoms with van der Waals surface area (Å²) in [5.74, 6) is 0.926. The first-order valence-electron chi connectivity index (χ1n) is 7.02. The quantitative estimate of drug-likeness (QED) is 0.902.